The van der Waals surface area contributed by atoms with Crippen LogP contribution in [0.15, 0.2) is 6.33 Å². The molecule has 0 spiro atoms. The lowest BCUT2D eigenvalue weighted by atomic mass is 9.90. The number of aromatic nitrogens is 3. The molecule has 20 heavy (non-hydrogen) atoms. The smallest absolute Gasteiger partial charge is 0.138 e. The molecule has 0 bridgehead atoms. The van der Waals surface area contributed by atoms with Crippen LogP contribution >= 0.6 is 0 Å². The molecule has 1 N–H and O–H groups in total. The van der Waals surface area contributed by atoms with Crippen LogP contribution in [-0.2, 0) is 11.2 Å². The second-order valence-electron chi connectivity index (χ2n) is 6.19. The molecule has 2 heterocycles. The summed E-state index contributed by atoms with van der Waals surface area (Å²) in [6, 6.07) is 0.642. The van der Waals surface area contributed by atoms with E-state index in [2.05, 4.69) is 43.1 Å². The molecule has 0 amide bonds. The highest BCUT2D eigenvalue weighted by Gasteiger charge is 2.38. The van der Waals surface area contributed by atoms with Crippen LogP contribution in [0.5, 0.6) is 0 Å². The van der Waals surface area contributed by atoms with E-state index >= 15 is 0 Å². The first-order chi connectivity index (χ1) is 9.57. The fourth-order valence-corrected chi connectivity index (χ4v) is 2.93. The molecular weight excluding hydrogens is 252 g/mol. The Morgan fingerprint density at radius 3 is 2.90 bits per heavy atom. The minimum Gasteiger partial charge on any atom is -0.374 e. The molecule has 1 saturated heterocycles. The largest absolute Gasteiger partial charge is 0.374 e. The lowest BCUT2D eigenvalue weighted by Crippen LogP contribution is -2.50. The van der Waals surface area contributed by atoms with Crippen molar-refractivity contribution in [2.24, 2.45) is 0 Å². The van der Waals surface area contributed by atoms with E-state index in [1.165, 1.54) is 0 Å². The molecular formula is C15H28N4O. The summed E-state index contributed by atoms with van der Waals surface area (Å²) in [4.78, 5) is 4.44. The summed E-state index contributed by atoms with van der Waals surface area (Å²) < 4.78 is 8.04. The van der Waals surface area contributed by atoms with Gasteiger partial charge in [-0.25, -0.2) is 9.67 Å². The van der Waals surface area contributed by atoms with Crippen LogP contribution < -0.4 is 5.32 Å². The Balaban J connectivity index is 2.12. The Morgan fingerprint density at radius 2 is 2.30 bits per heavy atom. The maximum Gasteiger partial charge on any atom is 0.138 e. The first-order valence-corrected chi connectivity index (χ1v) is 7.82. The zero-order valence-corrected chi connectivity index (χ0v) is 13.2. The molecule has 2 rings (SSSR count). The van der Waals surface area contributed by atoms with Gasteiger partial charge in [-0.3, -0.25) is 0 Å². The number of rotatable bonds is 7. The van der Waals surface area contributed by atoms with Crippen LogP contribution in [0, 0.1) is 0 Å². The van der Waals surface area contributed by atoms with Gasteiger partial charge in [0.05, 0.1) is 5.60 Å². The molecule has 2 unspecified atom stereocenters. The van der Waals surface area contributed by atoms with Gasteiger partial charge in [0.2, 0.25) is 0 Å². The van der Waals surface area contributed by atoms with Crippen molar-refractivity contribution in [3.05, 3.63) is 12.2 Å². The molecule has 5 nitrogen and oxygen atoms in total. The van der Waals surface area contributed by atoms with Crippen molar-refractivity contribution in [2.45, 2.75) is 71.1 Å². The third kappa shape index (κ3) is 3.38. The number of nitrogens with one attached hydrogen (secondary N) is 1. The molecule has 0 aromatic carbocycles. The van der Waals surface area contributed by atoms with Crippen LogP contribution in [0.4, 0.5) is 0 Å². The SMILES string of the molecule is CCCNC(Cc1ncnn1C(C)C)C1(C)CCCO1. The second-order valence-corrected chi connectivity index (χ2v) is 6.19. The maximum atomic E-state index is 6.03. The van der Waals surface area contributed by atoms with Gasteiger partial charge in [-0.05, 0) is 46.6 Å². The molecule has 1 fully saturated rings. The van der Waals surface area contributed by atoms with E-state index in [1.54, 1.807) is 6.33 Å². The Kier molecular flexibility index (Phi) is 5.16. The van der Waals surface area contributed by atoms with E-state index in [1.807, 2.05) is 4.68 Å². The minimum absolute atomic E-state index is 0.0804. The first-order valence-electron chi connectivity index (χ1n) is 7.82. The highest BCUT2D eigenvalue weighted by atomic mass is 16.5. The molecule has 114 valence electrons. The summed E-state index contributed by atoms with van der Waals surface area (Å²) >= 11 is 0. The maximum absolute atomic E-state index is 6.03. The van der Waals surface area contributed by atoms with Crippen LogP contribution in [-0.4, -0.2) is 39.6 Å². The Bertz CT molecular complexity index is 410. The van der Waals surface area contributed by atoms with Gasteiger partial charge in [0.1, 0.15) is 12.2 Å². The van der Waals surface area contributed by atoms with Gasteiger partial charge in [0.25, 0.3) is 0 Å². The lowest BCUT2D eigenvalue weighted by molar-refractivity contribution is -0.0122. The summed E-state index contributed by atoms with van der Waals surface area (Å²) in [6.45, 7) is 10.6. The number of ether oxygens (including phenoxy) is 1. The summed E-state index contributed by atoms with van der Waals surface area (Å²) in [5, 5.41) is 7.99. The monoisotopic (exact) mass is 280 g/mol. The summed E-state index contributed by atoms with van der Waals surface area (Å²) in [6.07, 6.45) is 5.92. The van der Waals surface area contributed by atoms with E-state index in [0.717, 1.165) is 44.7 Å². The van der Waals surface area contributed by atoms with Crippen LogP contribution in [0.2, 0.25) is 0 Å². The fourth-order valence-electron chi connectivity index (χ4n) is 2.93. The van der Waals surface area contributed by atoms with E-state index in [4.69, 9.17) is 4.74 Å². The van der Waals surface area contributed by atoms with Gasteiger partial charge in [-0.1, -0.05) is 6.92 Å². The van der Waals surface area contributed by atoms with Gasteiger partial charge in [0.15, 0.2) is 0 Å². The summed E-state index contributed by atoms with van der Waals surface area (Å²) in [5.41, 5.74) is -0.0804. The molecule has 1 aliphatic rings. The predicted molar refractivity (Wildman–Crippen MR) is 79.8 cm³/mol. The normalized spacial score (nSPS) is 24.4. The fraction of sp³-hybridized carbons (Fsp3) is 0.867. The number of hydrogen-bond acceptors (Lipinski definition) is 4. The predicted octanol–water partition coefficient (Wildman–Crippen LogP) is 2.34. The highest BCUT2D eigenvalue weighted by Crippen LogP contribution is 2.30. The van der Waals surface area contributed by atoms with Gasteiger partial charge in [-0.2, -0.15) is 5.10 Å². The standard InChI is InChI=1S/C15H28N4O/c1-5-8-16-13(15(4)7-6-9-20-15)10-14-17-11-18-19(14)12(2)3/h11-13,16H,5-10H2,1-4H3. The molecule has 1 aromatic rings. The molecule has 1 aromatic heterocycles. The van der Waals surface area contributed by atoms with E-state index in [0.29, 0.717) is 12.1 Å². The number of nitrogens with zero attached hydrogens (tertiary/aromatic N) is 3. The van der Waals surface area contributed by atoms with Crippen molar-refractivity contribution < 1.29 is 4.74 Å². The molecule has 2 atom stereocenters. The zero-order chi connectivity index (χ0) is 14.6. The van der Waals surface area contributed by atoms with Crippen molar-refractivity contribution in [2.75, 3.05) is 13.2 Å². The third-order valence-electron chi connectivity index (χ3n) is 4.15. The van der Waals surface area contributed by atoms with E-state index in [-0.39, 0.29) is 5.60 Å². The van der Waals surface area contributed by atoms with Crippen molar-refractivity contribution in [3.63, 3.8) is 0 Å². The van der Waals surface area contributed by atoms with Crippen LogP contribution in [0.3, 0.4) is 0 Å². The Hall–Kier alpha value is -0.940. The van der Waals surface area contributed by atoms with Crippen LogP contribution in [0.25, 0.3) is 0 Å². The van der Waals surface area contributed by atoms with Gasteiger partial charge >= 0.3 is 0 Å². The zero-order valence-electron chi connectivity index (χ0n) is 13.2. The molecule has 0 saturated carbocycles. The molecule has 1 aliphatic heterocycles. The van der Waals surface area contributed by atoms with Crippen molar-refractivity contribution in [1.82, 2.24) is 20.1 Å². The minimum atomic E-state index is -0.0804. The van der Waals surface area contributed by atoms with Crippen LogP contribution in [0.1, 0.15) is 58.8 Å². The Labute approximate surface area is 122 Å². The van der Waals surface area contributed by atoms with Gasteiger partial charge < -0.3 is 10.1 Å². The topological polar surface area (TPSA) is 52.0 Å². The van der Waals surface area contributed by atoms with Crippen molar-refractivity contribution >= 4 is 0 Å². The Morgan fingerprint density at radius 1 is 1.50 bits per heavy atom. The average Bonchev–Trinajstić information content (AvgIpc) is 3.03. The van der Waals surface area contributed by atoms with Crippen molar-refractivity contribution in [1.29, 1.82) is 0 Å². The number of hydrogen-bond donors (Lipinski definition) is 1. The quantitative estimate of drug-likeness (QED) is 0.833. The van der Waals surface area contributed by atoms with Crippen molar-refractivity contribution in [3.8, 4) is 0 Å². The first kappa shape index (κ1) is 15.4. The average molecular weight is 280 g/mol. The summed E-state index contributed by atoms with van der Waals surface area (Å²) in [5.74, 6) is 1.05. The summed E-state index contributed by atoms with van der Waals surface area (Å²) in [7, 11) is 0. The lowest BCUT2D eigenvalue weighted by Gasteiger charge is -2.34. The van der Waals surface area contributed by atoms with Gasteiger partial charge in [0, 0.05) is 25.1 Å². The third-order valence-corrected chi connectivity index (χ3v) is 4.15. The molecule has 0 aliphatic carbocycles. The molecule has 5 heteroatoms. The second kappa shape index (κ2) is 6.68. The van der Waals surface area contributed by atoms with Gasteiger partial charge in [-0.15, -0.1) is 0 Å². The van der Waals surface area contributed by atoms with E-state index in [9.17, 15) is 0 Å². The molecule has 0 radical (unpaired) electrons. The highest BCUT2D eigenvalue weighted by molar-refractivity contribution is 5.00. The van der Waals surface area contributed by atoms with E-state index < -0.39 is 0 Å².